The molecule has 3 nitrogen and oxygen atoms in total. The zero-order valence-corrected chi connectivity index (χ0v) is 11.5. The molecule has 1 aliphatic rings. The van der Waals surface area contributed by atoms with Crippen LogP contribution in [0.3, 0.4) is 0 Å². The molecule has 1 saturated carbocycles. The van der Waals surface area contributed by atoms with Crippen LogP contribution in [0.5, 0.6) is 0 Å². The number of nitrogens with zero attached hydrogens (tertiary/aromatic N) is 1. The molecule has 0 saturated heterocycles. The van der Waals surface area contributed by atoms with Gasteiger partial charge >= 0.3 is 0 Å². The van der Waals surface area contributed by atoms with Crippen molar-refractivity contribution in [1.29, 1.82) is 5.41 Å². The normalized spacial score (nSPS) is 15.6. The number of hydrogen-bond acceptors (Lipinski definition) is 3. The van der Waals surface area contributed by atoms with E-state index in [1.807, 2.05) is 0 Å². The maximum Gasteiger partial charge on any atom is 0.0918 e. The zero-order chi connectivity index (χ0) is 11.5. The largest absolute Gasteiger partial charge is 0.388 e. The molecule has 0 aliphatic heterocycles. The Morgan fingerprint density at radius 3 is 2.88 bits per heavy atom. The van der Waals surface area contributed by atoms with Crippen LogP contribution in [-0.4, -0.2) is 23.3 Å². The minimum absolute atomic E-state index is 0.288. The first-order valence-corrected chi connectivity index (χ1v) is 7.13. The second kappa shape index (κ2) is 5.29. The molecule has 88 valence electrons. The van der Waals surface area contributed by atoms with Crippen LogP contribution in [0.25, 0.3) is 0 Å². The van der Waals surface area contributed by atoms with Gasteiger partial charge in [-0.2, -0.15) is 0 Å². The van der Waals surface area contributed by atoms with E-state index in [-0.39, 0.29) is 5.84 Å². The van der Waals surface area contributed by atoms with Crippen molar-refractivity contribution in [3.8, 4) is 0 Å². The lowest BCUT2D eigenvalue weighted by atomic mass is 10.3. The summed E-state index contributed by atoms with van der Waals surface area (Å²) in [6.07, 6.45) is 3.27. The molecule has 3 N–H and O–H groups in total. The Labute approximate surface area is 108 Å². The van der Waals surface area contributed by atoms with Crippen LogP contribution in [0.2, 0.25) is 0 Å². The van der Waals surface area contributed by atoms with Gasteiger partial charge in [0.15, 0.2) is 0 Å². The number of thiophene rings is 1. The van der Waals surface area contributed by atoms with Gasteiger partial charge in [0.05, 0.1) is 5.84 Å². The third kappa shape index (κ3) is 3.30. The quantitative estimate of drug-likeness (QED) is 0.627. The highest BCUT2D eigenvalue weighted by Gasteiger charge is 2.29. The average Bonchev–Trinajstić information content (AvgIpc) is 2.99. The van der Waals surface area contributed by atoms with Crippen LogP contribution in [0, 0.1) is 5.41 Å². The Kier molecular flexibility index (Phi) is 4.00. The lowest BCUT2D eigenvalue weighted by molar-refractivity contribution is 0.264. The first-order chi connectivity index (χ1) is 7.66. The van der Waals surface area contributed by atoms with Crippen molar-refractivity contribution >= 4 is 33.1 Å². The van der Waals surface area contributed by atoms with Gasteiger partial charge in [-0.15, -0.1) is 11.3 Å². The molecular weight excluding hydrogens is 286 g/mol. The van der Waals surface area contributed by atoms with Gasteiger partial charge in [-0.25, -0.2) is 0 Å². The van der Waals surface area contributed by atoms with E-state index in [1.165, 1.54) is 22.2 Å². The Morgan fingerprint density at radius 1 is 1.62 bits per heavy atom. The van der Waals surface area contributed by atoms with Gasteiger partial charge in [-0.1, -0.05) is 0 Å². The summed E-state index contributed by atoms with van der Waals surface area (Å²) in [6.45, 7) is 1.89. The van der Waals surface area contributed by atoms with Crippen molar-refractivity contribution in [1.82, 2.24) is 4.90 Å². The first kappa shape index (κ1) is 12.1. The van der Waals surface area contributed by atoms with E-state index >= 15 is 0 Å². The van der Waals surface area contributed by atoms with E-state index in [1.54, 1.807) is 11.3 Å². The second-order valence-electron chi connectivity index (χ2n) is 4.17. The van der Waals surface area contributed by atoms with E-state index in [2.05, 4.69) is 32.3 Å². The van der Waals surface area contributed by atoms with Crippen LogP contribution >= 0.6 is 27.3 Å². The third-order valence-corrected chi connectivity index (χ3v) is 4.68. The number of rotatable bonds is 6. The molecule has 5 heteroatoms. The van der Waals surface area contributed by atoms with Crippen molar-refractivity contribution in [3.63, 3.8) is 0 Å². The Balaban J connectivity index is 1.92. The summed E-state index contributed by atoms with van der Waals surface area (Å²) in [5, 5.41) is 9.39. The van der Waals surface area contributed by atoms with Gasteiger partial charge in [0.1, 0.15) is 0 Å². The summed E-state index contributed by atoms with van der Waals surface area (Å²) >= 11 is 5.34. The van der Waals surface area contributed by atoms with Gasteiger partial charge < -0.3 is 5.73 Å². The van der Waals surface area contributed by atoms with Crippen LogP contribution < -0.4 is 5.73 Å². The maximum absolute atomic E-state index is 7.29. The summed E-state index contributed by atoms with van der Waals surface area (Å²) < 4.78 is 1.20. The number of halogens is 1. The van der Waals surface area contributed by atoms with Crippen molar-refractivity contribution in [2.75, 3.05) is 6.54 Å². The third-order valence-electron chi connectivity index (χ3n) is 2.77. The van der Waals surface area contributed by atoms with Crippen molar-refractivity contribution in [2.24, 2.45) is 5.73 Å². The van der Waals surface area contributed by atoms with Crippen molar-refractivity contribution in [2.45, 2.75) is 31.8 Å². The van der Waals surface area contributed by atoms with Gasteiger partial charge in [0, 0.05) is 34.9 Å². The molecular formula is C11H16BrN3S. The average molecular weight is 302 g/mol. The van der Waals surface area contributed by atoms with Gasteiger partial charge in [0.2, 0.25) is 0 Å². The van der Waals surface area contributed by atoms with Crippen molar-refractivity contribution < 1.29 is 0 Å². The maximum atomic E-state index is 7.29. The van der Waals surface area contributed by atoms with Crippen molar-refractivity contribution in [3.05, 3.63) is 20.8 Å². The van der Waals surface area contributed by atoms with Gasteiger partial charge in [-0.3, -0.25) is 10.3 Å². The molecule has 1 heterocycles. The molecule has 2 rings (SSSR count). The molecule has 0 radical (unpaired) electrons. The van der Waals surface area contributed by atoms with Gasteiger partial charge in [0.25, 0.3) is 0 Å². The summed E-state index contributed by atoms with van der Waals surface area (Å²) in [6, 6.07) is 2.81. The number of hydrogen-bond donors (Lipinski definition) is 2. The lowest BCUT2D eigenvalue weighted by Gasteiger charge is -2.21. The number of nitrogens with two attached hydrogens (primary N) is 1. The van der Waals surface area contributed by atoms with Crippen LogP contribution in [0.4, 0.5) is 0 Å². The highest BCUT2D eigenvalue weighted by atomic mass is 79.9. The number of nitrogens with one attached hydrogen (secondary N) is 1. The summed E-state index contributed by atoms with van der Waals surface area (Å²) in [4.78, 5) is 3.81. The molecule has 1 fully saturated rings. The molecule has 0 aromatic carbocycles. The predicted octanol–water partition coefficient (Wildman–Crippen LogP) is 2.80. The Hall–Kier alpha value is -0.390. The van der Waals surface area contributed by atoms with Gasteiger partial charge in [-0.05, 0) is 40.2 Å². The Bertz CT molecular complexity index is 373. The highest BCUT2D eigenvalue weighted by molar-refractivity contribution is 9.10. The summed E-state index contributed by atoms with van der Waals surface area (Å²) in [5.74, 6) is 0.288. The van der Waals surface area contributed by atoms with Crippen LogP contribution in [0.15, 0.2) is 15.9 Å². The van der Waals surface area contributed by atoms with Crippen LogP contribution in [0.1, 0.15) is 24.1 Å². The molecule has 1 aromatic rings. The molecule has 1 aromatic heterocycles. The Morgan fingerprint density at radius 2 is 2.38 bits per heavy atom. The highest BCUT2D eigenvalue weighted by Crippen LogP contribution is 2.31. The molecule has 16 heavy (non-hydrogen) atoms. The smallest absolute Gasteiger partial charge is 0.0918 e. The van der Waals surface area contributed by atoms with E-state index in [4.69, 9.17) is 11.1 Å². The fourth-order valence-electron chi connectivity index (χ4n) is 1.72. The zero-order valence-electron chi connectivity index (χ0n) is 9.08. The molecule has 1 aliphatic carbocycles. The fourth-order valence-corrected chi connectivity index (χ4v) is 3.22. The van der Waals surface area contributed by atoms with Crippen LogP contribution in [-0.2, 0) is 6.54 Å². The SMILES string of the molecule is N=C(N)CCN(Cc1sccc1Br)C1CC1. The van der Waals surface area contributed by atoms with E-state index < -0.39 is 0 Å². The second-order valence-corrected chi connectivity index (χ2v) is 6.02. The summed E-state index contributed by atoms with van der Waals surface area (Å²) in [7, 11) is 0. The molecule has 0 amide bonds. The molecule has 0 spiro atoms. The fraction of sp³-hybridized carbons (Fsp3) is 0.545. The first-order valence-electron chi connectivity index (χ1n) is 5.45. The number of amidine groups is 1. The molecule has 0 bridgehead atoms. The predicted molar refractivity (Wildman–Crippen MR) is 72.0 cm³/mol. The minimum Gasteiger partial charge on any atom is -0.388 e. The molecule has 0 unspecified atom stereocenters. The van der Waals surface area contributed by atoms with E-state index in [0.29, 0.717) is 12.5 Å². The molecule has 0 atom stereocenters. The lowest BCUT2D eigenvalue weighted by Crippen LogP contribution is -2.29. The monoisotopic (exact) mass is 301 g/mol. The summed E-state index contributed by atoms with van der Waals surface area (Å²) in [5.41, 5.74) is 5.41. The van der Waals surface area contributed by atoms with E-state index in [9.17, 15) is 0 Å². The minimum atomic E-state index is 0.288. The topological polar surface area (TPSA) is 53.1 Å². The van der Waals surface area contributed by atoms with E-state index in [0.717, 1.165) is 13.1 Å². The standard InChI is InChI=1S/C11H16BrN3S/c12-9-4-6-16-10(9)7-15(8-1-2-8)5-3-11(13)14/h4,6,8H,1-3,5,7H2,(H3,13,14).